The normalized spacial score (nSPS) is 11.2. The predicted octanol–water partition coefficient (Wildman–Crippen LogP) is 4.86. The van der Waals surface area contributed by atoms with Gasteiger partial charge in [-0.3, -0.25) is 0 Å². The molecule has 0 saturated carbocycles. The van der Waals surface area contributed by atoms with Crippen LogP contribution in [-0.4, -0.2) is 35.4 Å². The van der Waals surface area contributed by atoms with Crippen LogP contribution in [0, 0.1) is 0 Å². The molecule has 0 aliphatic heterocycles. The highest BCUT2D eigenvalue weighted by Gasteiger charge is 2.13. The van der Waals surface area contributed by atoms with Crippen molar-refractivity contribution in [1.82, 2.24) is 35.4 Å². The Morgan fingerprint density at radius 3 is 2.42 bits per heavy atom. The Bertz CT molecular complexity index is 1080. The summed E-state index contributed by atoms with van der Waals surface area (Å²) in [4.78, 5) is 4.83. The van der Waals surface area contributed by atoms with Gasteiger partial charge in [-0.1, -0.05) is 75.2 Å². The molecule has 0 aliphatic carbocycles. The molecule has 0 bridgehead atoms. The number of nitrogens with one attached hydrogen (secondary N) is 1. The third-order valence-electron chi connectivity index (χ3n) is 5.38. The molecule has 0 unspecified atom stereocenters. The minimum atomic E-state index is 0.600. The summed E-state index contributed by atoms with van der Waals surface area (Å²) in [6.45, 7) is 5.34. The van der Waals surface area contributed by atoms with E-state index < -0.39 is 0 Å². The number of aromatic amines is 1. The van der Waals surface area contributed by atoms with Crippen LogP contribution in [0.1, 0.15) is 56.7 Å². The summed E-state index contributed by atoms with van der Waals surface area (Å²) in [7, 11) is 0. The van der Waals surface area contributed by atoms with Gasteiger partial charge >= 0.3 is 0 Å². The Morgan fingerprint density at radius 2 is 1.71 bits per heavy atom. The predicted molar refractivity (Wildman–Crippen MR) is 121 cm³/mol. The van der Waals surface area contributed by atoms with Crippen molar-refractivity contribution in [3.8, 4) is 22.5 Å². The third kappa shape index (κ3) is 5.05. The largest absolute Gasteiger partial charge is 0.249 e. The first-order valence-corrected chi connectivity index (χ1v) is 11.1. The van der Waals surface area contributed by atoms with E-state index in [0.29, 0.717) is 5.82 Å². The molecule has 0 radical (unpaired) electrons. The number of hydrogen-bond donors (Lipinski definition) is 1. The topological polar surface area (TPSA) is 85.2 Å². The lowest BCUT2D eigenvalue weighted by atomic mass is 9.98. The summed E-state index contributed by atoms with van der Waals surface area (Å²) >= 11 is 0. The summed E-state index contributed by atoms with van der Waals surface area (Å²) in [5.41, 5.74) is 4.40. The molecular weight excluding hydrogens is 386 g/mol. The molecule has 1 N–H and O–H groups in total. The summed E-state index contributed by atoms with van der Waals surface area (Å²) in [6, 6.07) is 16.8. The van der Waals surface area contributed by atoms with Crippen LogP contribution in [0.3, 0.4) is 0 Å². The van der Waals surface area contributed by atoms with Crippen LogP contribution >= 0.6 is 0 Å². The zero-order chi connectivity index (χ0) is 21.5. The van der Waals surface area contributed by atoms with Crippen LogP contribution in [0.25, 0.3) is 22.5 Å². The lowest BCUT2D eigenvalue weighted by Gasteiger charge is -2.09. The number of rotatable bonds is 10. The fourth-order valence-electron chi connectivity index (χ4n) is 3.77. The van der Waals surface area contributed by atoms with E-state index >= 15 is 0 Å². The molecule has 0 amide bonds. The maximum Gasteiger partial charge on any atom is 0.205 e. The highest BCUT2D eigenvalue weighted by molar-refractivity contribution is 5.80. The first-order valence-electron chi connectivity index (χ1n) is 11.1. The molecule has 0 saturated heterocycles. The molecule has 0 aliphatic rings. The van der Waals surface area contributed by atoms with Gasteiger partial charge in [0, 0.05) is 24.9 Å². The number of aromatic nitrogens is 7. The molecule has 7 heteroatoms. The summed E-state index contributed by atoms with van der Waals surface area (Å²) < 4.78 is 2.11. The molecule has 0 atom stereocenters. The fraction of sp³-hybridized carbons (Fsp3) is 0.375. The number of aryl methyl sites for hydroxylation is 2. The van der Waals surface area contributed by atoms with Crippen LogP contribution in [0.2, 0.25) is 0 Å². The van der Waals surface area contributed by atoms with Gasteiger partial charge in [0.1, 0.15) is 5.82 Å². The minimum Gasteiger partial charge on any atom is -0.249 e. The maximum absolute atomic E-state index is 4.83. The van der Waals surface area contributed by atoms with Gasteiger partial charge < -0.3 is 0 Å². The van der Waals surface area contributed by atoms with Crippen molar-refractivity contribution in [2.75, 3.05) is 0 Å². The Labute approximate surface area is 182 Å². The van der Waals surface area contributed by atoms with E-state index in [2.05, 4.69) is 69.5 Å². The van der Waals surface area contributed by atoms with E-state index in [4.69, 9.17) is 10.1 Å². The molecule has 2 aromatic carbocycles. The second kappa shape index (κ2) is 10.1. The Kier molecular flexibility index (Phi) is 6.82. The van der Waals surface area contributed by atoms with Crippen LogP contribution in [0.5, 0.6) is 0 Å². The zero-order valence-electron chi connectivity index (χ0n) is 18.3. The monoisotopic (exact) mass is 415 g/mol. The number of hydrogen-bond acceptors (Lipinski definition) is 5. The number of tetrazole rings is 1. The first-order chi connectivity index (χ1) is 15.3. The molecule has 7 nitrogen and oxygen atoms in total. The summed E-state index contributed by atoms with van der Waals surface area (Å²) in [5.74, 6) is 2.61. The van der Waals surface area contributed by atoms with E-state index in [1.54, 1.807) is 0 Å². The maximum atomic E-state index is 4.83. The highest BCUT2D eigenvalue weighted by Crippen LogP contribution is 2.30. The van der Waals surface area contributed by atoms with Crippen molar-refractivity contribution in [2.24, 2.45) is 0 Å². The minimum absolute atomic E-state index is 0.600. The number of benzene rings is 2. The average molecular weight is 416 g/mol. The van der Waals surface area contributed by atoms with Gasteiger partial charge in [0.25, 0.3) is 0 Å². The van der Waals surface area contributed by atoms with Gasteiger partial charge in [0.2, 0.25) is 5.82 Å². The van der Waals surface area contributed by atoms with Gasteiger partial charge in [-0.2, -0.15) is 10.3 Å². The Morgan fingerprint density at radius 1 is 0.903 bits per heavy atom. The molecule has 2 heterocycles. The van der Waals surface area contributed by atoms with Gasteiger partial charge in [-0.15, -0.1) is 10.2 Å². The highest BCUT2D eigenvalue weighted by atomic mass is 15.5. The summed E-state index contributed by atoms with van der Waals surface area (Å²) in [6.07, 6.45) is 6.35. The quantitative estimate of drug-likeness (QED) is 0.374. The zero-order valence-corrected chi connectivity index (χ0v) is 18.3. The second-order valence-electron chi connectivity index (χ2n) is 7.78. The van der Waals surface area contributed by atoms with Crippen molar-refractivity contribution in [1.29, 1.82) is 0 Å². The second-order valence-corrected chi connectivity index (χ2v) is 7.78. The number of unbranched alkanes of at least 4 members (excludes halogenated alkanes) is 2. The van der Waals surface area contributed by atoms with Crippen LogP contribution in [-0.2, 0) is 19.4 Å². The molecule has 2 aromatic heterocycles. The molecule has 4 aromatic rings. The molecule has 0 spiro atoms. The standard InChI is InChI=1S/C24H29N7/c1-3-5-8-16-31-23(25-22(28-31)9-4-2)17-18-12-14-19(15-13-18)20-10-6-7-11-21(20)24-26-29-30-27-24/h6-7,10-15H,3-5,8-9,16-17H2,1-2H3,(H,26,27,29,30). The van der Waals surface area contributed by atoms with Crippen LogP contribution in [0.15, 0.2) is 48.5 Å². The molecule has 0 fully saturated rings. The fourth-order valence-corrected chi connectivity index (χ4v) is 3.77. The average Bonchev–Trinajstić information content (AvgIpc) is 3.46. The lowest BCUT2D eigenvalue weighted by molar-refractivity contribution is 0.531. The van der Waals surface area contributed by atoms with Crippen molar-refractivity contribution in [3.05, 3.63) is 65.7 Å². The van der Waals surface area contributed by atoms with Gasteiger partial charge in [-0.05, 0) is 34.7 Å². The Hall–Kier alpha value is -3.35. The van der Waals surface area contributed by atoms with E-state index in [-0.39, 0.29) is 0 Å². The van der Waals surface area contributed by atoms with Crippen LogP contribution in [0.4, 0.5) is 0 Å². The smallest absolute Gasteiger partial charge is 0.205 e. The van der Waals surface area contributed by atoms with Crippen molar-refractivity contribution >= 4 is 0 Å². The number of H-pyrrole nitrogens is 1. The SMILES string of the molecule is CCCCCn1nc(CCC)nc1Cc1ccc(-c2ccccc2-c2nn[nH]n2)cc1. The van der Waals surface area contributed by atoms with Crippen LogP contribution < -0.4 is 0 Å². The summed E-state index contributed by atoms with van der Waals surface area (Å²) in [5, 5.41) is 19.3. The molecular formula is C24H29N7. The van der Waals surface area contributed by atoms with Crippen molar-refractivity contribution in [3.63, 3.8) is 0 Å². The van der Waals surface area contributed by atoms with E-state index in [9.17, 15) is 0 Å². The number of nitrogens with zero attached hydrogens (tertiary/aromatic N) is 6. The van der Waals surface area contributed by atoms with Crippen molar-refractivity contribution < 1.29 is 0 Å². The van der Waals surface area contributed by atoms with E-state index in [0.717, 1.165) is 60.6 Å². The third-order valence-corrected chi connectivity index (χ3v) is 5.38. The van der Waals surface area contributed by atoms with Gasteiger partial charge in [0.05, 0.1) is 0 Å². The van der Waals surface area contributed by atoms with Gasteiger partial charge in [0.15, 0.2) is 5.82 Å². The molecule has 160 valence electrons. The Balaban J connectivity index is 1.55. The van der Waals surface area contributed by atoms with Gasteiger partial charge in [-0.25, -0.2) is 9.67 Å². The van der Waals surface area contributed by atoms with E-state index in [1.165, 1.54) is 18.4 Å². The first kappa shape index (κ1) is 20.9. The lowest BCUT2D eigenvalue weighted by Crippen LogP contribution is -2.07. The van der Waals surface area contributed by atoms with E-state index in [1.807, 2.05) is 18.2 Å². The molecule has 4 rings (SSSR count). The van der Waals surface area contributed by atoms with Crippen molar-refractivity contribution in [2.45, 2.75) is 58.9 Å². The molecule has 31 heavy (non-hydrogen) atoms.